The molecule has 0 amide bonds. The van der Waals surface area contributed by atoms with E-state index in [9.17, 15) is 8.78 Å². The van der Waals surface area contributed by atoms with Crippen molar-refractivity contribution in [3.63, 3.8) is 0 Å². The number of halogens is 2. The second-order valence-corrected chi connectivity index (χ2v) is 3.20. The lowest BCUT2D eigenvalue weighted by Gasteiger charge is -2.03. The largest absolute Gasteiger partial charge is 0.497 e. The first kappa shape index (κ1) is 13.2. The minimum absolute atomic E-state index is 0.895. The molecule has 2 rings (SSSR count). The predicted octanol–water partition coefficient (Wildman–Crippen LogP) is 4.25. The maximum atomic E-state index is 9.62. The van der Waals surface area contributed by atoms with Crippen LogP contribution in [-0.4, -0.2) is 14.0 Å². The van der Waals surface area contributed by atoms with Crippen molar-refractivity contribution in [2.75, 3.05) is 14.0 Å². The van der Waals surface area contributed by atoms with Gasteiger partial charge in [-0.15, -0.1) is 0 Å². The van der Waals surface area contributed by atoms with Crippen LogP contribution in [0.2, 0.25) is 0 Å². The van der Waals surface area contributed by atoms with Crippen molar-refractivity contribution in [2.24, 2.45) is 0 Å². The molecule has 0 saturated heterocycles. The summed E-state index contributed by atoms with van der Waals surface area (Å²) in [5.74, 6) is 0.895. The highest BCUT2D eigenvalue weighted by molar-refractivity contribution is 5.64. The summed E-state index contributed by atoms with van der Waals surface area (Å²) >= 11 is 0. The van der Waals surface area contributed by atoms with Gasteiger partial charge in [0, 0.05) is 0 Å². The molecule has 0 aliphatic heterocycles. The first-order chi connectivity index (χ1) is 8.31. The summed E-state index contributed by atoms with van der Waals surface area (Å²) in [5, 5.41) is 0. The number of ether oxygens (including phenoxy) is 1. The molecule has 0 aliphatic rings. The van der Waals surface area contributed by atoms with Gasteiger partial charge in [-0.2, -0.15) is 0 Å². The standard InChI is InChI=1S/C13H12O.CH2F2/c1-14-13-9-5-8-12(10-13)11-6-3-2-4-7-11;2-1-3/h2-10H,1H3;1H2. The average Bonchev–Trinajstić information content (AvgIpc) is 2.41. The van der Waals surface area contributed by atoms with Crippen molar-refractivity contribution in [1.29, 1.82) is 0 Å². The summed E-state index contributed by atoms with van der Waals surface area (Å²) < 4.78 is 24.4. The Morgan fingerprint density at radius 3 is 2.06 bits per heavy atom. The predicted molar refractivity (Wildman–Crippen MR) is 65.5 cm³/mol. The van der Waals surface area contributed by atoms with Crippen LogP contribution in [0.25, 0.3) is 11.1 Å². The second-order valence-electron chi connectivity index (χ2n) is 3.20. The summed E-state index contributed by atoms with van der Waals surface area (Å²) in [5.41, 5.74) is 2.40. The molecule has 0 radical (unpaired) electrons. The van der Waals surface area contributed by atoms with Gasteiger partial charge in [0.25, 0.3) is 0 Å². The Balaban J connectivity index is 0.000000437. The van der Waals surface area contributed by atoms with E-state index in [4.69, 9.17) is 4.74 Å². The molecule has 0 unspecified atom stereocenters. The van der Waals surface area contributed by atoms with E-state index in [0.717, 1.165) is 5.75 Å². The van der Waals surface area contributed by atoms with E-state index in [1.807, 2.05) is 36.4 Å². The second kappa shape index (κ2) is 7.39. The molecule has 0 heterocycles. The third-order valence-electron chi connectivity index (χ3n) is 2.18. The number of methoxy groups -OCH3 is 1. The van der Waals surface area contributed by atoms with Crippen LogP contribution in [0.3, 0.4) is 0 Å². The summed E-state index contributed by atoms with van der Waals surface area (Å²) in [4.78, 5) is 0. The van der Waals surface area contributed by atoms with Gasteiger partial charge in [-0.05, 0) is 23.3 Å². The summed E-state index contributed by atoms with van der Waals surface area (Å²) in [6, 6.07) is 18.3. The van der Waals surface area contributed by atoms with E-state index in [2.05, 4.69) is 18.2 Å². The van der Waals surface area contributed by atoms with E-state index >= 15 is 0 Å². The lowest BCUT2D eigenvalue weighted by molar-refractivity contribution is 0.295. The Morgan fingerprint density at radius 1 is 0.882 bits per heavy atom. The average molecular weight is 236 g/mol. The Bertz CT molecular complexity index is 429. The van der Waals surface area contributed by atoms with Crippen molar-refractivity contribution < 1.29 is 13.5 Å². The Labute approximate surface area is 99.7 Å². The van der Waals surface area contributed by atoms with Gasteiger partial charge in [0.15, 0.2) is 0 Å². The van der Waals surface area contributed by atoms with Crippen LogP contribution in [0.15, 0.2) is 54.6 Å². The molecule has 0 fully saturated rings. The Morgan fingerprint density at radius 2 is 1.47 bits per heavy atom. The number of alkyl halides is 2. The maximum absolute atomic E-state index is 9.62. The molecule has 1 nitrogen and oxygen atoms in total. The monoisotopic (exact) mass is 236 g/mol. The highest BCUT2D eigenvalue weighted by atomic mass is 19.3. The van der Waals surface area contributed by atoms with Gasteiger partial charge in [-0.1, -0.05) is 42.5 Å². The molecule has 0 aliphatic carbocycles. The van der Waals surface area contributed by atoms with Gasteiger partial charge >= 0.3 is 0 Å². The van der Waals surface area contributed by atoms with E-state index in [1.54, 1.807) is 7.11 Å². The van der Waals surface area contributed by atoms with Crippen LogP contribution in [0, 0.1) is 0 Å². The minimum Gasteiger partial charge on any atom is -0.497 e. The maximum Gasteiger partial charge on any atom is 0.229 e. The normalized spacial score (nSPS) is 9.12. The van der Waals surface area contributed by atoms with E-state index in [-0.39, 0.29) is 0 Å². The number of benzene rings is 2. The van der Waals surface area contributed by atoms with Gasteiger partial charge in [0.1, 0.15) is 5.75 Å². The summed E-state index contributed by atoms with van der Waals surface area (Å²) in [6.07, 6.45) is 0. The molecule has 3 heteroatoms. The lowest BCUT2D eigenvalue weighted by atomic mass is 10.1. The highest BCUT2D eigenvalue weighted by Gasteiger charge is 1.97. The van der Waals surface area contributed by atoms with Crippen LogP contribution in [0.4, 0.5) is 8.78 Å². The third kappa shape index (κ3) is 4.23. The molecule has 0 aromatic heterocycles. The van der Waals surface area contributed by atoms with Crippen molar-refractivity contribution in [1.82, 2.24) is 0 Å². The van der Waals surface area contributed by atoms with Crippen LogP contribution < -0.4 is 4.74 Å². The third-order valence-corrected chi connectivity index (χ3v) is 2.18. The van der Waals surface area contributed by atoms with Crippen molar-refractivity contribution in [3.8, 4) is 16.9 Å². The molecular formula is C14H14F2O. The highest BCUT2D eigenvalue weighted by Crippen LogP contribution is 2.22. The molecule has 0 atom stereocenters. The molecular weight excluding hydrogens is 222 g/mol. The number of hydrogen-bond donors (Lipinski definition) is 0. The fourth-order valence-corrected chi connectivity index (χ4v) is 1.43. The smallest absolute Gasteiger partial charge is 0.229 e. The fourth-order valence-electron chi connectivity index (χ4n) is 1.43. The first-order valence-corrected chi connectivity index (χ1v) is 5.13. The topological polar surface area (TPSA) is 9.23 Å². The first-order valence-electron chi connectivity index (χ1n) is 5.13. The van der Waals surface area contributed by atoms with Crippen LogP contribution in [0.1, 0.15) is 0 Å². The van der Waals surface area contributed by atoms with Crippen molar-refractivity contribution >= 4 is 0 Å². The zero-order chi connectivity index (χ0) is 12.5. The van der Waals surface area contributed by atoms with Crippen molar-refractivity contribution in [3.05, 3.63) is 54.6 Å². The minimum atomic E-state index is -1.75. The zero-order valence-corrected chi connectivity index (χ0v) is 9.57. The van der Waals surface area contributed by atoms with Gasteiger partial charge < -0.3 is 4.74 Å². The molecule has 2 aromatic rings. The molecule has 90 valence electrons. The quantitative estimate of drug-likeness (QED) is 0.757. The summed E-state index contributed by atoms with van der Waals surface area (Å²) in [7, 11) is 1.68. The zero-order valence-electron chi connectivity index (χ0n) is 9.57. The number of hydrogen-bond acceptors (Lipinski definition) is 1. The van der Waals surface area contributed by atoms with Crippen LogP contribution >= 0.6 is 0 Å². The van der Waals surface area contributed by atoms with Crippen LogP contribution in [-0.2, 0) is 0 Å². The number of rotatable bonds is 2. The molecule has 17 heavy (non-hydrogen) atoms. The molecule has 2 aromatic carbocycles. The van der Waals surface area contributed by atoms with E-state index in [0.29, 0.717) is 0 Å². The molecule has 0 N–H and O–H groups in total. The lowest BCUT2D eigenvalue weighted by Crippen LogP contribution is -1.83. The SMILES string of the molecule is COc1cccc(-c2ccccc2)c1.FCF. The van der Waals surface area contributed by atoms with Crippen LogP contribution in [0.5, 0.6) is 5.75 Å². The summed E-state index contributed by atoms with van der Waals surface area (Å²) in [6.45, 7) is -1.75. The van der Waals surface area contributed by atoms with E-state index in [1.165, 1.54) is 11.1 Å². The van der Waals surface area contributed by atoms with Gasteiger partial charge in [0.2, 0.25) is 6.93 Å². The van der Waals surface area contributed by atoms with Gasteiger partial charge in [-0.25, -0.2) is 8.78 Å². The Hall–Kier alpha value is -1.90. The van der Waals surface area contributed by atoms with Gasteiger partial charge in [0.05, 0.1) is 7.11 Å². The van der Waals surface area contributed by atoms with E-state index < -0.39 is 6.93 Å². The molecule has 0 bridgehead atoms. The van der Waals surface area contributed by atoms with Crippen molar-refractivity contribution in [2.45, 2.75) is 0 Å². The Kier molecular flexibility index (Phi) is 5.72. The fraction of sp³-hybridized carbons (Fsp3) is 0.143. The van der Waals surface area contributed by atoms with Gasteiger partial charge in [-0.3, -0.25) is 0 Å². The molecule has 0 saturated carbocycles. The molecule has 0 spiro atoms.